The Bertz CT molecular complexity index is 896. The number of sulfonamides is 1. The summed E-state index contributed by atoms with van der Waals surface area (Å²) >= 11 is 1.16. The average molecular weight is 411 g/mol. The predicted octanol–water partition coefficient (Wildman–Crippen LogP) is 2.23. The van der Waals surface area contributed by atoms with Gasteiger partial charge in [0.25, 0.3) is 10.0 Å². The molecule has 146 valence electrons. The third-order valence-electron chi connectivity index (χ3n) is 4.51. The number of methoxy groups -OCH3 is 2. The minimum absolute atomic E-state index is 0.245. The number of thiophene rings is 1. The first-order valence-corrected chi connectivity index (χ1v) is 10.8. The maximum atomic E-state index is 12.8. The molecule has 1 N–H and O–H groups in total. The topological polar surface area (TPSA) is 84.9 Å². The second kappa shape index (κ2) is 8.28. The van der Waals surface area contributed by atoms with Crippen LogP contribution in [0.3, 0.4) is 0 Å². The molecule has 27 heavy (non-hydrogen) atoms. The lowest BCUT2D eigenvalue weighted by atomic mass is 10.1. The number of nitrogens with zero attached hydrogens (tertiary/aromatic N) is 1. The van der Waals surface area contributed by atoms with Gasteiger partial charge >= 0.3 is 0 Å². The Balaban J connectivity index is 1.71. The van der Waals surface area contributed by atoms with E-state index in [0.29, 0.717) is 30.9 Å². The molecule has 1 saturated heterocycles. The molecule has 7 nitrogen and oxygen atoms in total. The van der Waals surface area contributed by atoms with E-state index in [-0.39, 0.29) is 16.7 Å². The van der Waals surface area contributed by atoms with Crippen LogP contribution in [-0.2, 0) is 21.4 Å². The van der Waals surface area contributed by atoms with E-state index in [1.54, 1.807) is 43.9 Å². The van der Waals surface area contributed by atoms with Crippen molar-refractivity contribution in [2.75, 3.05) is 20.8 Å². The highest BCUT2D eigenvalue weighted by Gasteiger charge is 2.39. The Hall–Kier alpha value is -2.10. The molecule has 2 heterocycles. The highest BCUT2D eigenvalue weighted by atomic mass is 32.2. The number of benzene rings is 1. The minimum Gasteiger partial charge on any atom is -0.497 e. The van der Waals surface area contributed by atoms with Crippen LogP contribution in [0.2, 0.25) is 0 Å². The summed E-state index contributed by atoms with van der Waals surface area (Å²) < 4.78 is 37.6. The summed E-state index contributed by atoms with van der Waals surface area (Å²) in [6.45, 7) is 0.597. The van der Waals surface area contributed by atoms with Gasteiger partial charge in [0.05, 0.1) is 14.2 Å². The lowest BCUT2D eigenvalue weighted by molar-refractivity contribution is -0.124. The van der Waals surface area contributed by atoms with E-state index < -0.39 is 16.1 Å². The fourth-order valence-electron chi connectivity index (χ4n) is 3.11. The van der Waals surface area contributed by atoms with E-state index in [1.165, 1.54) is 4.31 Å². The number of rotatable bonds is 7. The van der Waals surface area contributed by atoms with E-state index in [9.17, 15) is 13.2 Å². The molecule has 0 aliphatic carbocycles. The summed E-state index contributed by atoms with van der Waals surface area (Å²) in [5.74, 6) is 0.959. The zero-order valence-electron chi connectivity index (χ0n) is 15.2. The number of ether oxygens (including phenoxy) is 2. The van der Waals surface area contributed by atoms with Gasteiger partial charge in [0.15, 0.2) is 0 Å². The predicted molar refractivity (Wildman–Crippen MR) is 103 cm³/mol. The van der Waals surface area contributed by atoms with E-state index in [2.05, 4.69) is 5.32 Å². The number of hydrogen-bond donors (Lipinski definition) is 1. The van der Waals surface area contributed by atoms with Crippen molar-refractivity contribution in [3.05, 3.63) is 41.3 Å². The van der Waals surface area contributed by atoms with Crippen molar-refractivity contribution in [3.8, 4) is 11.5 Å². The van der Waals surface area contributed by atoms with E-state index in [4.69, 9.17) is 9.47 Å². The zero-order valence-corrected chi connectivity index (χ0v) is 16.8. The van der Waals surface area contributed by atoms with Gasteiger partial charge < -0.3 is 14.8 Å². The van der Waals surface area contributed by atoms with Crippen molar-refractivity contribution >= 4 is 27.3 Å². The molecule has 1 aromatic carbocycles. The van der Waals surface area contributed by atoms with Crippen LogP contribution in [0.1, 0.15) is 18.4 Å². The van der Waals surface area contributed by atoms with Gasteiger partial charge in [-0.15, -0.1) is 11.3 Å². The monoisotopic (exact) mass is 410 g/mol. The molecule has 1 aromatic heterocycles. The summed E-state index contributed by atoms with van der Waals surface area (Å²) in [7, 11) is -0.528. The molecule has 1 fully saturated rings. The lowest BCUT2D eigenvalue weighted by Crippen LogP contribution is -2.45. The third-order valence-corrected chi connectivity index (χ3v) is 7.79. The molecule has 9 heteroatoms. The van der Waals surface area contributed by atoms with E-state index in [1.807, 2.05) is 6.07 Å². The Morgan fingerprint density at radius 1 is 1.30 bits per heavy atom. The van der Waals surface area contributed by atoms with Crippen LogP contribution in [-0.4, -0.2) is 45.4 Å². The zero-order chi connectivity index (χ0) is 19.4. The van der Waals surface area contributed by atoms with Gasteiger partial charge in [0.2, 0.25) is 5.91 Å². The molecule has 1 amide bonds. The minimum atomic E-state index is -3.64. The number of carbonyl (C=O) groups is 1. The van der Waals surface area contributed by atoms with Crippen molar-refractivity contribution in [3.63, 3.8) is 0 Å². The molecule has 0 spiro atoms. The van der Waals surface area contributed by atoms with Crippen LogP contribution in [0.4, 0.5) is 0 Å². The van der Waals surface area contributed by atoms with Crippen molar-refractivity contribution in [1.82, 2.24) is 9.62 Å². The summed E-state index contributed by atoms with van der Waals surface area (Å²) in [5, 5.41) is 4.55. The average Bonchev–Trinajstić information content (AvgIpc) is 3.38. The van der Waals surface area contributed by atoms with E-state index >= 15 is 0 Å². The fourth-order valence-corrected chi connectivity index (χ4v) is 5.89. The number of amides is 1. The maximum Gasteiger partial charge on any atom is 0.253 e. The van der Waals surface area contributed by atoms with Crippen molar-refractivity contribution < 1.29 is 22.7 Å². The van der Waals surface area contributed by atoms with Gasteiger partial charge in [-0.25, -0.2) is 8.42 Å². The molecule has 3 rings (SSSR count). The summed E-state index contributed by atoms with van der Waals surface area (Å²) in [6.07, 6.45) is 1.17. The maximum absolute atomic E-state index is 12.8. The second-order valence-electron chi connectivity index (χ2n) is 6.10. The van der Waals surface area contributed by atoms with E-state index in [0.717, 1.165) is 16.9 Å². The van der Waals surface area contributed by atoms with Crippen molar-refractivity contribution in [2.45, 2.75) is 29.6 Å². The first-order chi connectivity index (χ1) is 13.0. The number of hydrogen-bond acceptors (Lipinski definition) is 6. The lowest BCUT2D eigenvalue weighted by Gasteiger charge is -2.23. The van der Waals surface area contributed by atoms with Gasteiger partial charge in [-0.1, -0.05) is 6.07 Å². The Labute approximate surface area is 163 Å². The molecule has 1 atom stereocenters. The summed E-state index contributed by atoms with van der Waals surface area (Å²) in [6, 6.07) is 7.90. The normalized spacial score (nSPS) is 17.6. The molecule has 1 aliphatic rings. The summed E-state index contributed by atoms with van der Waals surface area (Å²) in [4.78, 5) is 12.7. The smallest absolute Gasteiger partial charge is 0.253 e. The highest BCUT2D eigenvalue weighted by molar-refractivity contribution is 7.91. The van der Waals surface area contributed by atoms with Crippen molar-refractivity contribution in [2.24, 2.45) is 0 Å². The van der Waals surface area contributed by atoms with Crippen LogP contribution < -0.4 is 14.8 Å². The first kappa shape index (κ1) is 19.7. The van der Waals surface area contributed by atoms with Crippen LogP contribution in [0.25, 0.3) is 0 Å². The molecule has 0 radical (unpaired) electrons. The van der Waals surface area contributed by atoms with Crippen molar-refractivity contribution in [1.29, 1.82) is 0 Å². The number of carbonyl (C=O) groups excluding carboxylic acids is 1. The molecule has 0 saturated carbocycles. The van der Waals surface area contributed by atoms with Gasteiger partial charge in [-0.2, -0.15) is 4.31 Å². The quantitative estimate of drug-likeness (QED) is 0.757. The molecular formula is C18H22N2O5S2. The second-order valence-corrected chi connectivity index (χ2v) is 9.17. The molecule has 0 unspecified atom stereocenters. The van der Waals surface area contributed by atoms with Crippen LogP contribution in [0.5, 0.6) is 11.5 Å². The Morgan fingerprint density at radius 3 is 2.78 bits per heavy atom. The van der Waals surface area contributed by atoms with Crippen LogP contribution >= 0.6 is 11.3 Å². The van der Waals surface area contributed by atoms with Gasteiger partial charge in [0, 0.05) is 24.7 Å². The van der Waals surface area contributed by atoms with Gasteiger partial charge in [0.1, 0.15) is 21.8 Å². The fraction of sp³-hybridized carbons (Fsp3) is 0.389. The molecular weight excluding hydrogens is 388 g/mol. The summed E-state index contributed by atoms with van der Waals surface area (Å²) in [5.41, 5.74) is 0.789. The standard InChI is InChI=1S/C18H22N2O5S2/c1-24-14-8-7-13(16(11-14)25-2)12-19-18(21)15-5-3-9-20(15)27(22,23)17-6-4-10-26-17/h4,6-8,10-11,15H,3,5,9,12H2,1-2H3,(H,19,21)/t15-/m1/s1. The van der Waals surface area contributed by atoms with Crippen LogP contribution in [0.15, 0.2) is 39.9 Å². The first-order valence-electron chi connectivity index (χ1n) is 8.51. The molecule has 0 bridgehead atoms. The third kappa shape index (κ3) is 4.10. The van der Waals surface area contributed by atoms with Crippen LogP contribution in [0, 0.1) is 0 Å². The Kier molecular flexibility index (Phi) is 6.03. The number of nitrogens with one attached hydrogen (secondary N) is 1. The molecule has 2 aromatic rings. The molecule has 1 aliphatic heterocycles. The van der Waals surface area contributed by atoms with Gasteiger partial charge in [-0.05, 0) is 36.4 Å². The Morgan fingerprint density at radius 2 is 2.11 bits per heavy atom. The van der Waals surface area contributed by atoms with Gasteiger partial charge in [-0.3, -0.25) is 4.79 Å². The SMILES string of the molecule is COc1ccc(CNC(=O)[C@H]2CCCN2S(=O)(=O)c2cccs2)c(OC)c1. The highest BCUT2D eigenvalue weighted by Crippen LogP contribution is 2.29. The largest absolute Gasteiger partial charge is 0.497 e.